The first kappa shape index (κ1) is 30.3. The summed E-state index contributed by atoms with van der Waals surface area (Å²) >= 11 is 0. The molecule has 0 spiro atoms. The SMILES string of the molecule is c1ccc(-c2cc(-c3ccccc3)nc(-c3ccccc3-n3c4ccccc4c4c5c6ccccc6n(-c6ccc7ccccc7c6)c5ccc43)n2)cc1. The molecule has 0 saturated carbocycles. The van der Waals surface area contributed by atoms with E-state index in [9.17, 15) is 0 Å². The monoisotopic (exact) mass is 688 g/mol. The normalized spacial score (nSPS) is 11.7. The topological polar surface area (TPSA) is 35.6 Å². The summed E-state index contributed by atoms with van der Waals surface area (Å²) < 4.78 is 4.83. The van der Waals surface area contributed by atoms with Gasteiger partial charge in [-0.1, -0.05) is 140 Å². The molecule has 8 aromatic carbocycles. The maximum atomic E-state index is 5.25. The summed E-state index contributed by atoms with van der Waals surface area (Å²) in [6.07, 6.45) is 0. The maximum absolute atomic E-state index is 5.25. The summed E-state index contributed by atoms with van der Waals surface area (Å²) in [4.78, 5) is 10.5. The van der Waals surface area contributed by atoms with Crippen LogP contribution in [0.5, 0.6) is 0 Å². The van der Waals surface area contributed by atoms with Crippen molar-refractivity contribution in [1.82, 2.24) is 19.1 Å². The van der Waals surface area contributed by atoms with Crippen molar-refractivity contribution in [3.05, 3.63) is 194 Å². The summed E-state index contributed by atoms with van der Waals surface area (Å²) in [6, 6.07) is 68.9. The molecule has 3 aromatic heterocycles. The molecule has 0 bridgehead atoms. The minimum Gasteiger partial charge on any atom is -0.309 e. The van der Waals surface area contributed by atoms with Crippen LogP contribution >= 0.6 is 0 Å². The average molecular weight is 689 g/mol. The molecule has 0 fully saturated rings. The van der Waals surface area contributed by atoms with Gasteiger partial charge < -0.3 is 9.13 Å². The third kappa shape index (κ3) is 4.70. The lowest BCUT2D eigenvalue weighted by atomic mass is 10.1. The number of nitrogens with zero attached hydrogens (tertiary/aromatic N) is 4. The smallest absolute Gasteiger partial charge is 0.162 e. The summed E-state index contributed by atoms with van der Waals surface area (Å²) in [5, 5.41) is 7.38. The number of para-hydroxylation sites is 3. The van der Waals surface area contributed by atoms with Gasteiger partial charge in [0.15, 0.2) is 5.82 Å². The Kier molecular flexibility index (Phi) is 6.82. The molecule has 4 nitrogen and oxygen atoms in total. The number of hydrogen-bond donors (Lipinski definition) is 0. The fourth-order valence-corrected chi connectivity index (χ4v) is 8.31. The van der Waals surface area contributed by atoms with E-state index in [1.807, 2.05) is 12.1 Å². The van der Waals surface area contributed by atoms with Crippen LogP contribution in [0.1, 0.15) is 0 Å². The number of hydrogen-bond acceptors (Lipinski definition) is 2. The van der Waals surface area contributed by atoms with Crippen molar-refractivity contribution < 1.29 is 0 Å². The average Bonchev–Trinajstić information content (AvgIpc) is 3.77. The highest BCUT2D eigenvalue weighted by molar-refractivity contribution is 6.29. The zero-order valence-corrected chi connectivity index (χ0v) is 29.3. The van der Waals surface area contributed by atoms with Crippen LogP contribution in [0.2, 0.25) is 0 Å². The number of benzene rings is 8. The van der Waals surface area contributed by atoms with E-state index in [4.69, 9.17) is 9.97 Å². The van der Waals surface area contributed by atoms with Gasteiger partial charge in [0, 0.05) is 43.9 Å². The van der Waals surface area contributed by atoms with Gasteiger partial charge >= 0.3 is 0 Å². The molecule has 0 aliphatic carbocycles. The Morgan fingerprint density at radius 3 is 1.54 bits per heavy atom. The molecule has 11 rings (SSSR count). The highest BCUT2D eigenvalue weighted by atomic mass is 15.0. The van der Waals surface area contributed by atoms with E-state index in [0.717, 1.165) is 50.5 Å². The second kappa shape index (κ2) is 12.1. The molecule has 252 valence electrons. The quantitative estimate of drug-likeness (QED) is 0.180. The van der Waals surface area contributed by atoms with E-state index in [1.54, 1.807) is 0 Å². The van der Waals surface area contributed by atoms with Gasteiger partial charge in [-0.15, -0.1) is 0 Å². The van der Waals surface area contributed by atoms with Gasteiger partial charge in [-0.25, -0.2) is 9.97 Å². The van der Waals surface area contributed by atoms with Gasteiger partial charge in [0.25, 0.3) is 0 Å². The Hall–Kier alpha value is -7.30. The van der Waals surface area contributed by atoms with Crippen LogP contribution in [-0.2, 0) is 0 Å². The fraction of sp³-hybridized carbons (Fsp3) is 0. The van der Waals surface area contributed by atoms with Crippen LogP contribution in [0, 0.1) is 0 Å². The molecule has 0 radical (unpaired) electrons. The number of rotatable bonds is 5. The first-order valence-electron chi connectivity index (χ1n) is 18.3. The lowest BCUT2D eigenvalue weighted by molar-refractivity contribution is 1.14. The molecule has 0 unspecified atom stereocenters. The minimum absolute atomic E-state index is 0.686. The van der Waals surface area contributed by atoms with Crippen LogP contribution < -0.4 is 0 Å². The Labute approximate surface area is 311 Å². The Bertz CT molecular complexity index is 3150. The molecule has 4 heteroatoms. The molecule has 11 aromatic rings. The Balaban J connectivity index is 1.20. The van der Waals surface area contributed by atoms with Gasteiger partial charge in [0.05, 0.1) is 39.1 Å². The van der Waals surface area contributed by atoms with Crippen molar-refractivity contribution >= 4 is 54.4 Å². The highest BCUT2D eigenvalue weighted by Gasteiger charge is 2.22. The Morgan fingerprint density at radius 2 is 0.870 bits per heavy atom. The van der Waals surface area contributed by atoms with Crippen molar-refractivity contribution in [1.29, 1.82) is 0 Å². The van der Waals surface area contributed by atoms with Crippen molar-refractivity contribution in [2.45, 2.75) is 0 Å². The van der Waals surface area contributed by atoms with E-state index >= 15 is 0 Å². The van der Waals surface area contributed by atoms with Gasteiger partial charge in [-0.3, -0.25) is 0 Å². The van der Waals surface area contributed by atoms with E-state index in [1.165, 1.54) is 43.4 Å². The molecule has 0 atom stereocenters. The van der Waals surface area contributed by atoms with E-state index < -0.39 is 0 Å². The largest absolute Gasteiger partial charge is 0.309 e. The van der Waals surface area contributed by atoms with Crippen LogP contribution in [0.4, 0.5) is 0 Å². The van der Waals surface area contributed by atoms with E-state index in [-0.39, 0.29) is 0 Å². The molecule has 54 heavy (non-hydrogen) atoms. The van der Waals surface area contributed by atoms with Crippen LogP contribution in [0.15, 0.2) is 194 Å². The molecule has 0 saturated heterocycles. The van der Waals surface area contributed by atoms with Gasteiger partial charge in [-0.05, 0) is 65.4 Å². The van der Waals surface area contributed by atoms with E-state index in [2.05, 4.69) is 191 Å². The first-order valence-corrected chi connectivity index (χ1v) is 18.3. The van der Waals surface area contributed by atoms with Gasteiger partial charge in [-0.2, -0.15) is 0 Å². The number of aromatic nitrogens is 4. The predicted molar refractivity (Wildman–Crippen MR) is 225 cm³/mol. The second-order valence-corrected chi connectivity index (χ2v) is 13.8. The predicted octanol–water partition coefficient (Wildman–Crippen LogP) is 12.8. The fourth-order valence-electron chi connectivity index (χ4n) is 8.31. The summed E-state index contributed by atoms with van der Waals surface area (Å²) in [7, 11) is 0. The lowest BCUT2D eigenvalue weighted by Crippen LogP contribution is -2.01. The van der Waals surface area contributed by atoms with Crippen LogP contribution in [0.3, 0.4) is 0 Å². The van der Waals surface area contributed by atoms with Crippen LogP contribution in [-0.4, -0.2) is 19.1 Å². The standard InChI is InChI=1S/C50H32N4/c1-3-16-34(17-4-1)41-32-42(35-18-5-2-6-19-35)52-50(51-41)40-23-11-14-26-45(40)54-44-25-13-10-22-39(44)49-47(54)30-29-46-48(49)38-21-9-12-24-43(38)53(46)37-28-27-33-15-7-8-20-36(33)31-37/h1-32H. The van der Waals surface area contributed by atoms with Crippen LogP contribution in [0.25, 0.3) is 99.7 Å². The highest BCUT2D eigenvalue weighted by Crippen LogP contribution is 2.43. The molecule has 0 aliphatic rings. The molecule has 3 heterocycles. The number of fused-ring (bicyclic) bond motifs is 8. The molecule has 0 amide bonds. The van der Waals surface area contributed by atoms with Gasteiger partial charge in [0.1, 0.15) is 0 Å². The molecule has 0 aliphatic heterocycles. The van der Waals surface area contributed by atoms with Gasteiger partial charge in [0.2, 0.25) is 0 Å². The third-order valence-electron chi connectivity index (χ3n) is 10.7. The van der Waals surface area contributed by atoms with Crippen molar-refractivity contribution in [3.8, 4) is 45.3 Å². The molecule has 0 N–H and O–H groups in total. The summed E-state index contributed by atoms with van der Waals surface area (Å²) in [6.45, 7) is 0. The summed E-state index contributed by atoms with van der Waals surface area (Å²) in [5.41, 5.74) is 11.7. The third-order valence-corrected chi connectivity index (χ3v) is 10.7. The van der Waals surface area contributed by atoms with Crippen molar-refractivity contribution in [2.24, 2.45) is 0 Å². The second-order valence-electron chi connectivity index (χ2n) is 13.8. The lowest BCUT2D eigenvalue weighted by Gasteiger charge is -2.15. The molecular formula is C50H32N4. The maximum Gasteiger partial charge on any atom is 0.162 e. The minimum atomic E-state index is 0.686. The zero-order valence-electron chi connectivity index (χ0n) is 29.3. The van der Waals surface area contributed by atoms with E-state index in [0.29, 0.717) is 5.82 Å². The molecular weight excluding hydrogens is 657 g/mol. The summed E-state index contributed by atoms with van der Waals surface area (Å²) in [5.74, 6) is 0.686. The van der Waals surface area contributed by atoms with Crippen molar-refractivity contribution in [2.75, 3.05) is 0 Å². The zero-order chi connectivity index (χ0) is 35.6. The first-order chi connectivity index (χ1) is 26.8. The Morgan fingerprint density at radius 1 is 0.352 bits per heavy atom. The van der Waals surface area contributed by atoms with Crippen molar-refractivity contribution in [3.63, 3.8) is 0 Å².